The third-order valence-electron chi connectivity index (χ3n) is 3.69. The van der Waals surface area contributed by atoms with Crippen LogP contribution in [-0.4, -0.2) is 23.4 Å². The maximum atomic E-state index is 12.4. The molecule has 3 rings (SSSR count). The van der Waals surface area contributed by atoms with Gasteiger partial charge >= 0.3 is 0 Å². The second-order valence-corrected chi connectivity index (χ2v) is 5.12. The number of benzene rings is 2. The first-order valence-corrected chi connectivity index (χ1v) is 7.02. The van der Waals surface area contributed by atoms with Crippen LogP contribution in [0.4, 0.5) is 17.1 Å². The maximum Gasteiger partial charge on any atom is 0.269 e. The van der Waals surface area contributed by atoms with E-state index in [4.69, 9.17) is 0 Å². The fourth-order valence-electron chi connectivity index (χ4n) is 2.56. The van der Waals surface area contributed by atoms with Crippen molar-refractivity contribution in [2.45, 2.75) is 12.5 Å². The lowest BCUT2D eigenvalue weighted by molar-refractivity contribution is -0.384. The third kappa shape index (κ3) is 2.76. The molecule has 6 heteroatoms. The first kappa shape index (κ1) is 14.1. The highest BCUT2D eigenvalue weighted by atomic mass is 16.6. The Hall–Kier alpha value is -2.89. The van der Waals surface area contributed by atoms with Crippen LogP contribution >= 0.6 is 0 Å². The number of anilines is 2. The van der Waals surface area contributed by atoms with Gasteiger partial charge in [0, 0.05) is 30.1 Å². The zero-order valence-electron chi connectivity index (χ0n) is 11.8. The van der Waals surface area contributed by atoms with Gasteiger partial charge in [-0.15, -0.1) is 0 Å². The molecule has 0 saturated carbocycles. The largest absolute Gasteiger partial charge is 0.374 e. The van der Waals surface area contributed by atoms with Gasteiger partial charge in [0.1, 0.15) is 6.04 Å². The van der Waals surface area contributed by atoms with Gasteiger partial charge in [-0.1, -0.05) is 18.2 Å². The van der Waals surface area contributed by atoms with E-state index in [1.54, 1.807) is 17.0 Å². The summed E-state index contributed by atoms with van der Waals surface area (Å²) in [5.74, 6) is 0.0181. The Morgan fingerprint density at radius 3 is 2.41 bits per heavy atom. The van der Waals surface area contributed by atoms with Crippen molar-refractivity contribution in [1.82, 2.24) is 0 Å². The number of rotatable bonds is 4. The molecule has 0 radical (unpaired) electrons. The number of para-hydroxylation sites is 1. The lowest BCUT2D eigenvalue weighted by Crippen LogP contribution is -2.33. The Labute approximate surface area is 127 Å². The highest BCUT2D eigenvalue weighted by Gasteiger charge is 2.32. The molecule has 1 N–H and O–H groups in total. The van der Waals surface area contributed by atoms with Crippen molar-refractivity contribution in [3.8, 4) is 0 Å². The smallest absolute Gasteiger partial charge is 0.269 e. The Morgan fingerprint density at radius 2 is 1.77 bits per heavy atom. The summed E-state index contributed by atoms with van der Waals surface area (Å²) in [7, 11) is 0. The molecule has 2 aromatic carbocycles. The minimum Gasteiger partial charge on any atom is -0.374 e. The van der Waals surface area contributed by atoms with E-state index in [1.807, 2.05) is 30.3 Å². The van der Waals surface area contributed by atoms with Crippen molar-refractivity contribution in [3.63, 3.8) is 0 Å². The Morgan fingerprint density at radius 1 is 1.09 bits per heavy atom. The molecule has 1 aliphatic heterocycles. The molecule has 1 amide bonds. The molecule has 2 aromatic rings. The predicted octanol–water partition coefficient (Wildman–Crippen LogP) is 2.81. The van der Waals surface area contributed by atoms with Crippen LogP contribution in [0.5, 0.6) is 0 Å². The number of nitro groups is 1. The zero-order valence-corrected chi connectivity index (χ0v) is 11.8. The van der Waals surface area contributed by atoms with Crippen LogP contribution in [0.15, 0.2) is 54.6 Å². The molecule has 0 bridgehead atoms. The van der Waals surface area contributed by atoms with Crippen LogP contribution in [0, 0.1) is 10.1 Å². The second-order valence-electron chi connectivity index (χ2n) is 5.12. The SMILES string of the molecule is O=C1C(Nc2ccc([N+](=O)[O-])cc2)CCN1c1ccccc1. The minimum absolute atomic E-state index is 0.0181. The quantitative estimate of drug-likeness (QED) is 0.695. The van der Waals surface area contributed by atoms with E-state index in [-0.39, 0.29) is 17.6 Å². The average molecular weight is 297 g/mol. The van der Waals surface area contributed by atoms with Gasteiger partial charge in [-0.3, -0.25) is 14.9 Å². The molecule has 112 valence electrons. The standard InChI is InChI=1S/C16H15N3O3/c20-16-15(10-11-18(16)13-4-2-1-3-5-13)17-12-6-8-14(9-7-12)19(21)22/h1-9,15,17H,10-11H2. The van der Waals surface area contributed by atoms with Crippen LogP contribution in [0.25, 0.3) is 0 Å². The zero-order chi connectivity index (χ0) is 15.5. The fourth-order valence-corrected chi connectivity index (χ4v) is 2.56. The molecule has 6 nitrogen and oxygen atoms in total. The molecule has 0 aliphatic carbocycles. The Bertz CT molecular complexity index is 686. The summed E-state index contributed by atoms with van der Waals surface area (Å²) in [5.41, 5.74) is 1.63. The highest BCUT2D eigenvalue weighted by molar-refractivity contribution is 6.01. The summed E-state index contributed by atoms with van der Waals surface area (Å²) in [6.45, 7) is 0.660. The van der Waals surface area contributed by atoms with Crippen molar-refractivity contribution < 1.29 is 9.72 Å². The van der Waals surface area contributed by atoms with Crippen LogP contribution < -0.4 is 10.2 Å². The molecule has 1 fully saturated rings. The van der Waals surface area contributed by atoms with Crippen molar-refractivity contribution in [2.24, 2.45) is 0 Å². The maximum absolute atomic E-state index is 12.4. The van der Waals surface area contributed by atoms with Gasteiger partial charge in [0.25, 0.3) is 5.69 Å². The van der Waals surface area contributed by atoms with Crippen molar-refractivity contribution in [3.05, 3.63) is 64.7 Å². The van der Waals surface area contributed by atoms with Gasteiger partial charge in [-0.25, -0.2) is 0 Å². The molecule has 0 spiro atoms. The fraction of sp³-hybridized carbons (Fsp3) is 0.188. The van der Waals surface area contributed by atoms with Crippen molar-refractivity contribution in [2.75, 3.05) is 16.8 Å². The lowest BCUT2D eigenvalue weighted by atomic mass is 10.2. The average Bonchev–Trinajstić information content (AvgIpc) is 2.90. The van der Waals surface area contributed by atoms with Gasteiger partial charge in [0.2, 0.25) is 5.91 Å². The number of amides is 1. The molecule has 0 aromatic heterocycles. The molecule has 1 unspecified atom stereocenters. The number of hydrogen-bond acceptors (Lipinski definition) is 4. The number of non-ortho nitro benzene ring substituents is 1. The Kier molecular flexibility index (Phi) is 3.74. The van der Waals surface area contributed by atoms with Gasteiger partial charge in [0.15, 0.2) is 0 Å². The first-order valence-electron chi connectivity index (χ1n) is 7.02. The molecule has 1 aliphatic rings. The van der Waals surface area contributed by atoms with E-state index in [0.717, 1.165) is 5.69 Å². The number of carbonyl (C=O) groups is 1. The molecule has 1 atom stereocenters. The first-order chi connectivity index (χ1) is 10.6. The van der Waals surface area contributed by atoms with E-state index in [1.165, 1.54) is 12.1 Å². The third-order valence-corrected chi connectivity index (χ3v) is 3.69. The van der Waals surface area contributed by atoms with E-state index in [0.29, 0.717) is 18.7 Å². The van der Waals surface area contributed by atoms with Crippen molar-refractivity contribution >= 4 is 23.0 Å². The number of nitrogens with one attached hydrogen (secondary N) is 1. The van der Waals surface area contributed by atoms with Gasteiger partial charge in [-0.05, 0) is 30.7 Å². The van der Waals surface area contributed by atoms with Crippen LogP contribution in [0.2, 0.25) is 0 Å². The summed E-state index contributed by atoms with van der Waals surface area (Å²) >= 11 is 0. The molecular weight excluding hydrogens is 282 g/mol. The highest BCUT2D eigenvalue weighted by Crippen LogP contribution is 2.24. The van der Waals surface area contributed by atoms with E-state index < -0.39 is 4.92 Å². The molecule has 1 saturated heterocycles. The summed E-state index contributed by atoms with van der Waals surface area (Å²) in [6, 6.07) is 15.3. The van der Waals surface area contributed by atoms with Gasteiger partial charge in [-0.2, -0.15) is 0 Å². The van der Waals surface area contributed by atoms with E-state index in [2.05, 4.69) is 5.32 Å². The topological polar surface area (TPSA) is 75.5 Å². The number of nitrogens with zero attached hydrogens (tertiary/aromatic N) is 2. The predicted molar refractivity (Wildman–Crippen MR) is 83.9 cm³/mol. The van der Waals surface area contributed by atoms with Crippen LogP contribution in [0.1, 0.15) is 6.42 Å². The van der Waals surface area contributed by atoms with E-state index in [9.17, 15) is 14.9 Å². The van der Waals surface area contributed by atoms with Crippen LogP contribution in [0.3, 0.4) is 0 Å². The van der Waals surface area contributed by atoms with Crippen molar-refractivity contribution in [1.29, 1.82) is 0 Å². The number of nitro benzene ring substituents is 1. The summed E-state index contributed by atoms with van der Waals surface area (Å²) < 4.78 is 0. The number of hydrogen-bond donors (Lipinski definition) is 1. The summed E-state index contributed by atoms with van der Waals surface area (Å²) in [6.07, 6.45) is 0.699. The molecule has 1 heterocycles. The lowest BCUT2D eigenvalue weighted by Gasteiger charge is -2.17. The monoisotopic (exact) mass is 297 g/mol. The van der Waals surface area contributed by atoms with Gasteiger partial charge < -0.3 is 10.2 Å². The van der Waals surface area contributed by atoms with Crippen LogP contribution in [-0.2, 0) is 4.79 Å². The van der Waals surface area contributed by atoms with E-state index >= 15 is 0 Å². The minimum atomic E-state index is -0.443. The normalized spacial score (nSPS) is 17.5. The number of carbonyl (C=O) groups excluding carboxylic acids is 1. The summed E-state index contributed by atoms with van der Waals surface area (Å²) in [5, 5.41) is 13.8. The Balaban J connectivity index is 1.69. The molecular formula is C16H15N3O3. The second kappa shape index (κ2) is 5.85. The molecule has 22 heavy (non-hydrogen) atoms. The van der Waals surface area contributed by atoms with Gasteiger partial charge in [0.05, 0.1) is 4.92 Å². The summed E-state index contributed by atoms with van der Waals surface area (Å²) in [4.78, 5) is 24.4.